The number of aromatic nitrogens is 2. The zero-order chi connectivity index (χ0) is 19.5. The largest absolute Gasteiger partial charge is 0.545 e. The molecular weight excluding hydrogens is 352 g/mol. The molecular formula is C23H15N2O3-. The van der Waals surface area contributed by atoms with Gasteiger partial charge in [-0.15, -0.1) is 0 Å². The molecule has 0 atom stereocenters. The highest BCUT2D eigenvalue weighted by molar-refractivity contribution is 5.86. The lowest BCUT2D eigenvalue weighted by atomic mass is 10.2. The summed E-state index contributed by atoms with van der Waals surface area (Å²) in [5.41, 5.74) is 1.93. The van der Waals surface area contributed by atoms with E-state index < -0.39 is 5.97 Å². The fourth-order valence-corrected chi connectivity index (χ4v) is 2.99. The van der Waals surface area contributed by atoms with E-state index in [1.165, 1.54) is 16.7 Å². The van der Waals surface area contributed by atoms with Gasteiger partial charge >= 0.3 is 0 Å². The molecule has 1 aromatic heterocycles. The molecule has 4 rings (SSSR count). The Morgan fingerprint density at radius 3 is 2.25 bits per heavy atom. The molecule has 0 aliphatic heterocycles. The monoisotopic (exact) mass is 367 g/mol. The van der Waals surface area contributed by atoms with E-state index >= 15 is 0 Å². The second-order valence-corrected chi connectivity index (χ2v) is 6.21. The summed E-state index contributed by atoms with van der Waals surface area (Å²) in [6.07, 6.45) is 3.65. The first-order valence-electron chi connectivity index (χ1n) is 8.70. The van der Waals surface area contributed by atoms with E-state index in [-0.39, 0.29) is 11.1 Å². The number of para-hydroxylation sites is 1. The van der Waals surface area contributed by atoms with Crippen molar-refractivity contribution in [1.29, 1.82) is 0 Å². The smallest absolute Gasteiger partial charge is 0.266 e. The molecule has 0 aliphatic carbocycles. The third kappa shape index (κ3) is 3.33. The minimum absolute atomic E-state index is 0.0481. The number of aromatic carboxylic acids is 1. The van der Waals surface area contributed by atoms with E-state index in [2.05, 4.69) is 4.98 Å². The molecule has 136 valence electrons. The van der Waals surface area contributed by atoms with Gasteiger partial charge in [0.1, 0.15) is 5.82 Å². The van der Waals surface area contributed by atoms with E-state index in [1.54, 1.807) is 36.4 Å². The zero-order valence-corrected chi connectivity index (χ0v) is 14.8. The Kier molecular flexibility index (Phi) is 4.56. The SMILES string of the molecule is O=C([O-])c1ccc(-n2c(C=Cc3ccccc3)nc3ccccc3c2=O)cc1. The van der Waals surface area contributed by atoms with Crippen LogP contribution in [0.15, 0.2) is 83.7 Å². The third-order valence-electron chi connectivity index (χ3n) is 4.39. The Labute approximate surface area is 160 Å². The van der Waals surface area contributed by atoms with Crippen LogP contribution < -0.4 is 10.7 Å². The molecule has 5 heteroatoms. The van der Waals surface area contributed by atoms with Crippen LogP contribution >= 0.6 is 0 Å². The topological polar surface area (TPSA) is 75.0 Å². The summed E-state index contributed by atoms with van der Waals surface area (Å²) in [4.78, 5) is 28.8. The number of carbonyl (C=O) groups excluding carboxylic acids is 1. The number of rotatable bonds is 4. The van der Waals surface area contributed by atoms with Gasteiger partial charge in [-0.2, -0.15) is 0 Å². The van der Waals surface area contributed by atoms with Crippen LogP contribution in [0.5, 0.6) is 0 Å². The molecule has 0 saturated carbocycles. The molecule has 0 spiro atoms. The molecule has 0 bridgehead atoms. The third-order valence-corrected chi connectivity index (χ3v) is 4.39. The molecule has 0 N–H and O–H groups in total. The van der Waals surface area contributed by atoms with Crippen LogP contribution in [0.25, 0.3) is 28.7 Å². The standard InChI is InChI=1S/C23H16N2O3/c26-22-19-8-4-5-9-20(19)24-21(15-10-16-6-2-1-3-7-16)25(22)18-13-11-17(12-14-18)23(27)28/h1-15H,(H,27,28)/p-1. The molecule has 3 aromatic carbocycles. The molecule has 0 fully saturated rings. The number of hydrogen-bond donors (Lipinski definition) is 0. The second kappa shape index (κ2) is 7.32. The number of carboxylic acid groups (broad SMARTS) is 1. The molecule has 0 aliphatic rings. The van der Waals surface area contributed by atoms with Gasteiger partial charge in [-0.05, 0) is 41.5 Å². The van der Waals surface area contributed by atoms with E-state index in [0.717, 1.165) is 5.56 Å². The van der Waals surface area contributed by atoms with Crippen LogP contribution in [0.3, 0.4) is 0 Å². The summed E-state index contributed by atoms with van der Waals surface area (Å²) in [6, 6.07) is 22.8. The highest BCUT2D eigenvalue weighted by atomic mass is 16.4. The Morgan fingerprint density at radius 1 is 0.857 bits per heavy atom. The van der Waals surface area contributed by atoms with Crippen molar-refractivity contribution in [3.63, 3.8) is 0 Å². The normalized spacial score (nSPS) is 11.1. The first-order chi connectivity index (χ1) is 13.6. The van der Waals surface area contributed by atoms with Crippen molar-refractivity contribution in [2.45, 2.75) is 0 Å². The van der Waals surface area contributed by atoms with Gasteiger partial charge in [-0.3, -0.25) is 9.36 Å². The summed E-state index contributed by atoms with van der Waals surface area (Å²) >= 11 is 0. The van der Waals surface area contributed by atoms with Crippen LogP contribution in [-0.4, -0.2) is 15.5 Å². The van der Waals surface area contributed by atoms with Crippen LogP contribution in [0.4, 0.5) is 0 Å². The molecule has 0 radical (unpaired) electrons. The highest BCUT2D eigenvalue weighted by Gasteiger charge is 2.11. The average Bonchev–Trinajstić information content (AvgIpc) is 2.73. The lowest BCUT2D eigenvalue weighted by Gasteiger charge is -2.12. The van der Waals surface area contributed by atoms with Gasteiger partial charge in [0.15, 0.2) is 0 Å². The Bertz CT molecular complexity index is 1240. The fraction of sp³-hybridized carbons (Fsp3) is 0. The number of fused-ring (bicyclic) bond motifs is 1. The van der Waals surface area contributed by atoms with Crippen LogP contribution in [-0.2, 0) is 0 Å². The molecule has 1 heterocycles. The maximum absolute atomic E-state index is 13.1. The second-order valence-electron chi connectivity index (χ2n) is 6.21. The van der Waals surface area contributed by atoms with E-state index in [0.29, 0.717) is 22.4 Å². The first kappa shape index (κ1) is 17.4. The van der Waals surface area contributed by atoms with Gasteiger partial charge in [-0.25, -0.2) is 4.98 Å². The van der Waals surface area contributed by atoms with Crippen molar-refractivity contribution in [2.75, 3.05) is 0 Å². The van der Waals surface area contributed by atoms with Gasteiger partial charge in [0, 0.05) is 0 Å². The lowest BCUT2D eigenvalue weighted by Crippen LogP contribution is -2.24. The van der Waals surface area contributed by atoms with Crippen molar-refractivity contribution in [3.8, 4) is 5.69 Å². The quantitative estimate of drug-likeness (QED) is 0.556. The molecule has 4 aromatic rings. The summed E-state index contributed by atoms with van der Waals surface area (Å²) in [5, 5.41) is 11.5. The zero-order valence-electron chi connectivity index (χ0n) is 14.8. The maximum atomic E-state index is 13.1. The molecule has 0 amide bonds. The van der Waals surface area contributed by atoms with E-state index in [4.69, 9.17) is 0 Å². The first-order valence-corrected chi connectivity index (χ1v) is 8.70. The summed E-state index contributed by atoms with van der Waals surface area (Å²) in [5.74, 6) is -0.812. The van der Waals surface area contributed by atoms with Gasteiger partial charge in [0.25, 0.3) is 5.56 Å². The molecule has 5 nitrogen and oxygen atoms in total. The summed E-state index contributed by atoms with van der Waals surface area (Å²) < 4.78 is 1.47. The summed E-state index contributed by atoms with van der Waals surface area (Å²) in [7, 11) is 0. The number of benzene rings is 3. The van der Waals surface area contributed by atoms with E-state index in [9.17, 15) is 14.7 Å². The minimum Gasteiger partial charge on any atom is -0.545 e. The molecule has 0 unspecified atom stereocenters. The van der Waals surface area contributed by atoms with Crippen molar-refractivity contribution in [2.24, 2.45) is 0 Å². The van der Waals surface area contributed by atoms with Crippen molar-refractivity contribution >= 4 is 29.0 Å². The van der Waals surface area contributed by atoms with Crippen LogP contribution in [0, 0.1) is 0 Å². The Hall–Kier alpha value is -3.99. The number of carbonyl (C=O) groups is 1. The van der Waals surface area contributed by atoms with Gasteiger partial charge in [0.05, 0.1) is 22.6 Å². The summed E-state index contributed by atoms with van der Waals surface area (Å²) in [6.45, 7) is 0. The highest BCUT2D eigenvalue weighted by Crippen LogP contribution is 2.16. The van der Waals surface area contributed by atoms with Gasteiger partial charge in [-0.1, -0.05) is 60.7 Å². The predicted molar refractivity (Wildman–Crippen MR) is 107 cm³/mol. The van der Waals surface area contributed by atoms with Crippen molar-refractivity contribution in [1.82, 2.24) is 9.55 Å². The maximum Gasteiger partial charge on any atom is 0.266 e. The minimum atomic E-state index is -1.26. The predicted octanol–water partition coefficient (Wildman–Crippen LogP) is 2.92. The number of hydrogen-bond acceptors (Lipinski definition) is 4. The molecule has 28 heavy (non-hydrogen) atoms. The number of nitrogens with zero attached hydrogens (tertiary/aromatic N) is 2. The van der Waals surface area contributed by atoms with E-state index in [1.807, 2.05) is 42.5 Å². The Morgan fingerprint density at radius 2 is 1.54 bits per heavy atom. The lowest BCUT2D eigenvalue weighted by molar-refractivity contribution is -0.255. The van der Waals surface area contributed by atoms with Crippen molar-refractivity contribution in [3.05, 3.63) is 106 Å². The fourth-order valence-electron chi connectivity index (χ4n) is 2.99. The average molecular weight is 367 g/mol. The Balaban J connectivity index is 1.92. The van der Waals surface area contributed by atoms with Crippen molar-refractivity contribution < 1.29 is 9.90 Å². The van der Waals surface area contributed by atoms with Gasteiger partial charge in [0.2, 0.25) is 0 Å². The molecule has 0 saturated heterocycles. The van der Waals surface area contributed by atoms with Crippen LogP contribution in [0.1, 0.15) is 21.7 Å². The van der Waals surface area contributed by atoms with Gasteiger partial charge < -0.3 is 9.90 Å². The number of carboxylic acids is 1. The van der Waals surface area contributed by atoms with Crippen LogP contribution in [0.2, 0.25) is 0 Å².